The van der Waals surface area contributed by atoms with Gasteiger partial charge in [0.05, 0.1) is 0 Å². The number of halogens is 1. The highest BCUT2D eigenvalue weighted by Gasteiger charge is 2.31. The largest absolute Gasteiger partial charge is 0.312 e. The Kier molecular flexibility index (Phi) is 7.35. The van der Waals surface area contributed by atoms with Crippen molar-refractivity contribution in [3.63, 3.8) is 0 Å². The Balaban J connectivity index is 1.52. The van der Waals surface area contributed by atoms with Crippen LogP contribution in [0, 0.1) is 5.92 Å². The van der Waals surface area contributed by atoms with Crippen LogP contribution in [-0.4, -0.2) is 36.5 Å². The van der Waals surface area contributed by atoms with Gasteiger partial charge in [-0.25, -0.2) is 0 Å². The van der Waals surface area contributed by atoms with E-state index in [1.54, 1.807) is 0 Å². The highest BCUT2D eigenvalue weighted by Crippen LogP contribution is 2.24. The number of nitrogens with zero attached hydrogens (tertiary/aromatic N) is 1. The van der Waals surface area contributed by atoms with Crippen molar-refractivity contribution in [2.24, 2.45) is 5.92 Å². The van der Waals surface area contributed by atoms with Crippen molar-refractivity contribution in [3.05, 3.63) is 71.8 Å². The Morgan fingerprint density at radius 3 is 2.28 bits per heavy atom. The molecule has 134 valence electrons. The highest BCUT2D eigenvalue weighted by atomic mass is 35.5. The summed E-state index contributed by atoms with van der Waals surface area (Å²) in [5.41, 5.74) is 2.81. The van der Waals surface area contributed by atoms with E-state index in [0.29, 0.717) is 12.0 Å². The van der Waals surface area contributed by atoms with Crippen LogP contribution in [-0.2, 0) is 13.0 Å². The van der Waals surface area contributed by atoms with Crippen molar-refractivity contribution < 1.29 is 0 Å². The predicted octanol–water partition coefficient (Wildman–Crippen LogP) is 4.34. The summed E-state index contributed by atoms with van der Waals surface area (Å²) in [7, 11) is 0. The molecule has 0 radical (unpaired) electrons. The molecule has 0 aromatic heterocycles. The lowest BCUT2D eigenvalue weighted by molar-refractivity contribution is 0.312. The predicted molar refractivity (Wildman–Crippen MR) is 107 cm³/mol. The second kappa shape index (κ2) is 9.96. The average molecular weight is 357 g/mol. The van der Waals surface area contributed by atoms with E-state index in [1.165, 1.54) is 24.1 Å². The monoisotopic (exact) mass is 356 g/mol. The topological polar surface area (TPSA) is 15.3 Å². The van der Waals surface area contributed by atoms with Crippen molar-refractivity contribution in [3.8, 4) is 0 Å². The van der Waals surface area contributed by atoms with Crippen LogP contribution in [0.4, 0.5) is 0 Å². The SMILES string of the molecule is ClCCC[C@H]1CN(Cc2ccccc2)C[C@H]1NCCc1ccccc1. The Labute approximate surface area is 157 Å². The van der Waals surface area contributed by atoms with Crippen molar-refractivity contribution in [2.45, 2.75) is 31.8 Å². The number of nitrogens with one attached hydrogen (secondary N) is 1. The first-order valence-corrected chi connectivity index (χ1v) is 9.98. The molecule has 0 amide bonds. The molecule has 3 heteroatoms. The van der Waals surface area contributed by atoms with Gasteiger partial charge in [0.25, 0.3) is 0 Å². The van der Waals surface area contributed by atoms with E-state index in [4.69, 9.17) is 11.6 Å². The molecule has 0 unspecified atom stereocenters. The van der Waals surface area contributed by atoms with E-state index >= 15 is 0 Å². The molecule has 0 spiro atoms. The van der Waals surface area contributed by atoms with Crippen LogP contribution < -0.4 is 5.32 Å². The third-order valence-corrected chi connectivity index (χ3v) is 5.40. The van der Waals surface area contributed by atoms with Crippen LogP contribution in [0.1, 0.15) is 24.0 Å². The molecule has 2 aromatic rings. The minimum atomic E-state index is 0.579. The van der Waals surface area contributed by atoms with Gasteiger partial charge in [0.15, 0.2) is 0 Å². The lowest BCUT2D eigenvalue weighted by Gasteiger charge is -2.19. The minimum Gasteiger partial charge on any atom is -0.312 e. The lowest BCUT2D eigenvalue weighted by atomic mass is 9.98. The highest BCUT2D eigenvalue weighted by molar-refractivity contribution is 6.17. The van der Waals surface area contributed by atoms with Crippen LogP contribution in [0.2, 0.25) is 0 Å². The molecule has 1 aliphatic heterocycles. The van der Waals surface area contributed by atoms with E-state index in [0.717, 1.165) is 38.4 Å². The fraction of sp³-hybridized carbons (Fsp3) is 0.455. The molecule has 2 nitrogen and oxygen atoms in total. The van der Waals surface area contributed by atoms with Crippen LogP contribution in [0.5, 0.6) is 0 Å². The third-order valence-electron chi connectivity index (χ3n) is 5.14. The second-order valence-electron chi connectivity index (χ2n) is 7.07. The maximum Gasteiger partial charge on any atom is 0.0235 e. The molecular formula is C22H29ClN2. The Hall–Kier alpha value is -1.35. The van der Waals surface area contributed by atoms with Crippen LogP contribution >= 0.6 is 11.6 Å². The zero-order valence-electron chi connectivity index (χ0n) is 14.9. The summed E-state index contributed by atoms with van der Waals surface area (Å²) in [5, 5.41) is 3.82. The molecule has 1 fully saturated rings. The first-order valence-electron chi connectivity index (χ1n) is 9.44. The number of likely N-dealkylation sites (tertiary alicyclic amines) is 1. The fourth-order valence-corrected chi connectivity index (χ4v) is 4.00. The van der Waals surface area contributed by atoms with Gasteiger partial charge in [0, 0.05) is 31.6 Å². The molecule has 1 aliphatic rings. The van der Waals surface area contributed by atoms with Gasteiger partial charge in [0.2, 0.25) is 0 Å². The standard InChI is InChI=1S/C22H29ClN2/c23-14-7-12-21-17-25(16-20-10-5-2-6-11-20)18-22(21)24-15-13-19-8-3-1-4-9-19/h1-6,8-11,21-22,24H,7,12-18H2/t21-,22+/m0/s1. The Bertz CT molecular complexity index is 602. The van der Waals surface area contributed by atoms with Gasteiger partial charge in [-0.15, -0.1) is 11.6 Å². The Morgan fingerprint density at radius 2 is 1.60 bits per heavy atom. The van der Waals surface area contributed by atoms with E-state index in [-0.39, 0.29) is 0 Å². The van der Waals surface area contributed by atoms with Crippen LogP contribution in [0.15, 0.2) is 60.7 Å². The quantitative estimate of drug-likeness (QED) is 0.672. The lowest BCUT2D eigenvalue weighted by Crippen LogP contribution is -2.37. The molecule has 3 rings (SSSR count). The molecule has 0 bridgehead atoms. The molecular weight excluding hydrogens is 328 g/mol. The number of alkyl halides is 1. The van der Waals surface area contributed by atoms with Crippen molar-refractivity contribution in [2.75, 3.05) is 25.5 Å². The third kappa shape index (κ3) is 5.85. The van der Waals surface area contributed by atoms with Gasteiger partial charge in [0.1, 0.15) is 0 Å². The molecule has 0 saturated carbocycles. The first-order chi connectivity index (χ1) is 12.3. The molecule has 2 aromatic carbocycles. The molecule has 25 heavy (non-hydrogen) atoms. The number of rotatable bonds is 9. The number of benzene rings is 2. The zero-order valence-corrected chi connectivity index (χ0v) is 15.7. The van der Waals surface area contributed by atoms with E-state index < -0.39 is 0 Å². The maximum absolute atomic E-state index is 5.94. The molecule has 1 heterocycles. The zero-order chi connectivity index (χ0) is 17.3. The average Bonchev–Trinajstić information content (AvgIpc) is 3.03. The normalized spacial score (nSPS) is 20.8. The van der Waals surface area contributed by atoms with Gasteiger partial charge in [-0.2, -0.15) is 0 Å². The summed E-state index contributed by atoms with van der Waals surface area (Å²) in [6, 6.07) is 22.1. The van der Waals surface area contributed by atoms with E-state index in [2.05, 4.69) is 70.9 Å². The summed E-state index contributed by atoms with van der Waals surface area (Å²) < 4.78 is 0. The Morgan fingerprint density at radius 1 is 0.920 bits per heavy atom. The van der Waals surface area contributed by atoms with Gasteiger partial charge in [-0.3, -0.25) is 4.90 Å². The smallest absolute Gasteiger partial charge is 0.0235 e. The summed E-state index contributed by atoms with van der Waals surface area (Å²) in [4.78, 5) is 2.59. The molecule has 1 N–H and O–H groups in total. The number of hydrogen-bond donors (Lipinski definition) is 1. The second-order valence-corrected chi connectivity index (χ2v) is 7.45. The van der Waals surface area contributed by atoms with E-state index in [1.807, 2.05) is 0 Å². The van der Waals surface area contributed by atoms with Crippen LogP contribution in [0.25, 0.3) is 0 Å². The van der Waals surface area contributed by atoms with Gasteiger partial charge in [-0.05, 0) is 42.9 Å². The maximum atomic E-state index is 5.94. The first kappa shape index (κ1) is 18.4. The summed E-state index contributed by atoms with van der Waals surface area (Å²) in [6.45, 7) is 4.41. The van der Waals surface area contributed by atoms with Crippen molar-refractivity contribution in [1.82, 2.24) is 10.2 Å². The van der Waals surface area contributed by atoms with Crippen LogP contribution in [0.3, 0.4) is 0 Å². The molecule has 2 atom stereocenters. The van der Waals surface area contributed by atoms with Crippen molar-refractivity contribution >= 4 is 11.6 Å². The summed E-state index contributed by atoms with van der Waals surface area (Å²) in [6.07, 6.45) is 3.43. The van der Waals surface area contributed by atoms with Gasteiger partial charge < -0.3 is 5.32 Å². The van der Waals surface area contributed by atoms with E-state index in [9.17, 15) is 0 Å². The summed E-state index contributed by atoms with van der Waals surface area (Å²) in [5.74, 6) is 1.48. The number of hydrogen-bond acceptors (Lipinski definition) is 2. The van der Waals surface area contributed by atoms with Gasteiger partial charge >= 0.3 is 0 Å². The minimum absolute atomic E-state index is 0.579. The summed E-state index contributed by atoms with van der Waals surface area (Å²) >= 11 is 5.94. The fourth-order valence-electron chi connectivity index (χ4n) is 3.84. The molecule has 1 saturated heterocycles. The molecule has 0 aliphatic carbocycles. The van der Waals surface area contributed by atoms with Crippen molar-refractivity contribution in [1.29, 1.82) is 0 Å². The van der Waals surface area contributed by atoms with Gasteiger partial charge in [-0.1, -0.05) is 60.7 Å².